The summed E-state index contributed by atoms with van der Waals surface area (Å²) in [5, 5.41) is 0. The Labute approximate surface area is 213 Å². The molecule has 0 amide bonds. The van der Waals surface area contributed by atoms with Gasteiger partial charge in [-0.2, -0.15) is 0 Å². The molecule has 0 aliphatic heterocycles. The lowest BCUT2D eigenvalue weighted by Gasteiger charge is -2.10. The second kappa shape index (κ2) is 12.5. The van der Waals surface area contributed by atoms with Crippen molar-refractivity contribution in [3.8, 4) is 22.5 Å². The lowest BCUT2D eigenvalue weighted by Crippen LogP contribution is -2.00. The van der Waals surface area contributed by atoms with E-state index in [1.54, 1.807) is 18.5 Å². The van der Waals surface area contributed by atoms with Gasteiger partial charge in [0.15, 0.2) is 17.5 Å². The van der Waals surface area contributed by atoms with Gasteiger partial charge in [-0.05, 0) is 66.5 Å². The molecule has 0 bridgehead atoms. The number of benzene rings is 2. The van der Waals surface area contributed by atoms with Crippen molar-refractivity contribution in [3.63, 3.8) is 0 Å². The number of nitrogens with zero attached hydrogens (tertiary/aromatic N) is 2. The largest absolute Gasteiger partial charge is 0.236 e. The second-order valence-electron chi connectivity index (χ2n) is 10.1. The fourth-order valence-electron chi connectivity index (χ4n) is 5.23. The molecule has 192 valence electrons. The van der Waals surface area contributed by atoms with Crippen LogP contribution in [0.3, 0.4) is 0 Å². The van der Waals surface area contributed by atoms with Gasteiger partial charge in [-0.1, -0.05) is 71.3 Å². The monoisotopic (exact) mass is 494 g/mol. The molecule has 3 aromatic rings. The van der Waals surface area contributed by atoms with Crippen LogP contribution in [0.2, 0.25) is 0 Å². The summed E-state index contributed by atoms with van der Waals surface area (Å²) in [5.41, 5.74) is 3.48. The van der Waals surface area contributed by atoms with Crippen molar-refractivity contribution >= 4 is 0 Å². The van der Waals surface area contributed by atoms with Gasteiger partial charge in [0.1, 0.15) is 5.82 Å². The Morgan fingerprint density at radius 2 is 1.22 bits per heavy atom. The number of aryl methyl sites for hydroxylation is 2. The molecule has 0 saturated heterocycles. The smallest absolute Gasteiger partial charge is 0.170 e. The summed E-state index contributed by atoms with van der Waals surface area (Å²) >= 11 is 0. The third-order valence-electron chi connectivity index (χ3n) is 7.24. The van der Waals surface area contributed by atoms with E-state index >= 15 is 13.2 Å². The van der Waals surface area contributed by atoms with E-state index in [-0.39, 0.29) is 22.5 Å². The third-order valence-corrected chi connectivity index (χ3v) is 7.24. The van der Waals surface area contributed by atoms with Crippen molar-refractivity contribution in [2.75, 3.05) is 0 Å². The van der Waals surface area contributed by atoms with Gasteiger partial charge in [0.25, 0.3) is 0 Å². The molecule has 4 rings (SSSR count). The minimum atomic E-state index is -1.02. The molecule has 0 N–H and O–H groups in total. The van der Waals surface area contributed by atoms with Crippen LogP contribution in [0.5, 0.6) is 0 Å². The second-order valence-corrected chi connectivity index (χ2v) is 10.1. The maximum Gasteiger partial charge on any atom is 0.170 e. The zero-order chi connectivity index (χ0) is 25.5. The molecule has 2 aromatic carbocycles. The molecule has 0 spiro atoms. The molecule has 1 heterocycles. The molecule has 0 unspecified atom stereocenters. The molecular weight excluding hydrogens is 457 g/mol. The fraction of sp³-hybridized carbons (Fsp3) is 0.484. The highest BCUT2D eigenvalue weighted by Crippen LogP contribution is 2.43. The Balaban J connectivity index is 1.47. The van der Waals surface area contributed by atoms with E-state index in [2.05, 4.69) is 23.8 Å². The van der Waals surface area contributed by atoms with E-state index in [0.29, 0.717) is 12.0 Å². The standard InChI is InChI=1S/C31H37F3N2/c1-3-5-7-8-9-10-12-14-22-19-35-31(36-20-22)25-18-24-17-23-15-21(13-11-6-4-2)16-26(32)27(23)28(24)30(34)29(25)33/h15-16,18-20H,3-14,17H2,1-2H3. The van der Waals surface area contributed by atoms with Crippen LogP contribution >= 0.6 is 0 Å². The van der Waals surface area contributed by atoms with E-state index in [1.807, 2.05) is 6.07 Å². The van der Waals surface area contributed by atoms with Gasteiger partial charge in [-0.25, -0.2) is 23.1 Å². The van der Waals surface area contributed by atoms with Crippen LogP contribution in [0, 0.1) is 17.5 Å². The lowest BCUT2D eigenvalue weighted by atomic mass is 9.98. The van der Waals surface area contributed by atoms with Crippen molar-refractivity contribution in [2.45, 2.75) is 97.3 Å². The highest BCUT2D eigenvalue weighted by atomic mass is 19.2. The molecule has 1 aromatic heterocycles. The topological polar surface area (TPSA) is 25.8 Å². The Morgan fingerprint density at radius 1 is 0.639 bits per heavy atom. The van der Waals surface area contributed by atoms with Gasteiger partial charge >= 0.3 is 0 Å². The Kier molecular flexibility index (Phi) is 9.17. The average Bonchev–Trinajstić information content (AvgIpc) is 3.25. The molecule has 36 heavy (non-hydrogen) atoms. The average molecular weight is 495 g/mol. The van der Waals surface area contributed by atoms with Crippen LogP contribution in [0.15, 0.2) is 30.6 Å². The van der Waals surface area contributed by atoms with Crippen molar-refractivity contribution < 1.29 is 13.2 Å². The molecule has 0 fully saturated rings. The highest BCUT2D eigenvalue weighted by molar-refractivity contribution is 5.81. The maximum absolute atomic E-state index is 15.3. The molecule has 1 aliphatic carbocycles. The normalized spacial score (nSPS) is 12.1. The summed E-state index contributed by atoms with van der Waals surface area (Å²) in [6, 6.07) is 5.01. The quantitative estimate of drug-likeness (QED) is 0.173. The van der Waals surface area contributed by atoms with Crippen molar-refractivity contribution in [1.29, 1.82) is 0 Å². The van der Waals surface area contributed by atoms with Gasteiger partial charge in [0.2, 0.25) is 0 Å². The van der Waals surface area contributed by atoms with Gasteiger partial charge in [0.05, 0.1) is 5.56 Å². The number of rotatable bonds is 13. The summed E-state index contributed by atoms with van der Waals surface area (Å²) in [6.45, 7) is 4.35. The minimum Gasteiger partial charge on any atom is -0.236 e. The number of hydrogen-bond donors (Lipinski definition) is 0. The van der Waals surface area contributed by atoms with Crippen LogP contribution in [-0.2, 0) is 19.3 Å². The first-order chi connectivity index (χ1) is 17.5. The van der Waals surface area contributed by atoms with Crippen molar-refractivity contribution in [3.05, 3.63) is 70.3 Å². The van der Waals surface area contributed by atoms with Crippen LogP contribution in [0.25, 0.3) is 22.5 Å². The lowest BCUT2D eigenvalue weighted by molar-refractivity contribution is 0.512. The SMILES string of the molecule is CCCCCCCCCc1cnc(-c2cc3c(c(F)c2F)-c2c(F)cc(CCCCC)cc2C3)nc1. The van der Waals surface area contributed by atoms with E-state index in [1.165, 1.54) is 44.6 Å². The molecule has 5 heteroatoms. The molecule has 0 radical (unpaired) electrons. The Hall–Kier alpha value is -2.69. The summed E-state index contributed by atoms with van der Waals surface area (Å²) in [7, 11) is 0. The predicted octanol–water partition coefficient (Wildman–Crippen LogP) is 9.16. The number of hydrogen-bond acceptors (Lipinski definition) is 2. The van der Waals surface area contributed by atoms with Gasteiger partial charge < -0.3 is 0 Å². The van der Waals surface area contributed by atoms with Gasteiger partial charge in [0, 0.05) is 23.5 Å². The van der Waals surface area contributed by atoms with Crippen LogP contribution in [0.4, 0.5) is 13.2 Å². The van der Waals surface area contributed by atoms with Crippen LogP contribution in [0.1, 0.15) is 100 Å². The van der Waals surface area contributed by atoms with Crippen molar-refractivity contribution in [1.82, 2.24) is 9.97 Å². The molecular formula is C31H37F3N2. The van der Waals surface area contributed by atoms with E-state index < -0.39 is 17.5 Å². The molecule has 0 atom stereocenters. The van der Waals surface area contributed by atoms with E-state index in [0.717, 1.165) is 55.2 Å². The van der Waals surface area contributed by atoms with E-state index in [4.69, 9.17) is 0 Å². The van der Waals surface area contributed by atoms with Gasteiger partial charge in [-0.3, -0.25) is 0 Å². The van der Waals surface area contributed by atoms with Crippen LogP contribution < -0.4 is 0 Å². The molecule has 2 nitrogen and oxygen atoms in total. The first-order valence-corrected chi connectivity index (χ1v) is 13.7. The first kappa shape index (κ1) is 26.4. The predicted molar refractivity (Wildman–Crippen MR) is 141 cm³/mol. The first-order valence-electron chi connectivity index (χ1n) is 13.7. The third kappa shape index (κ3) is 5.99. The van der Waals surface area contributed by atoms with Gasteiger partial charge in [-0.15, -0.1) is 0 Å². The Bertz CT molecular complexity index is 1170. The zero-order valence-electron chi connectivity index (χ0n) is 21.6. The summed E-state index contributed by atoms with van der Waals surface area (Å²) in [4.78, 5) is 8.69. The minimum absolute atomic E-state index is 0.0325. The number of halogens is 3. The number of aromatic nitrogens is 2. The highest BCUT2D eigenvalue weighted by Gasteiger charge is 2.30. The molecule has 1 aliphatic rings. The number of unbranched alkanes of at least 4 members (excludes halogenated alkanes) is 8. The summed E-state index contributed by atoms with van der Waals surface area (Å²) in [5.74, 6) is -2.36. The maximum atomic E-state index is 15.3. The summed E-state index contributed by atoms with van der Waals surface area (Å²) in [6.07, 6.45) is 17.2. The number of fused-ring (bicyclic) bond motifs is 3. The van der Waals surface area contributed by atoms with Crippen molar-refractivity contribution in [2.24, 2.45) is 0 Å². The van der Waals surface area contributed by atoms with Crippen LogP contribution in [-0.4, -0.2) is 9.97 Å². The fourth-order valence-corrected chi connectivity index (χ4v) is 5.23. The van der Waals surface area contributed by atoms with E-state index in [9.17, 15) is 0 Å². The Morgan fingerprint density at radius 3 is 1.94 bits per heavy atom. The summed E-state index contributed by atoms with van der Waals surface area (Å²) < 4.78 is 45.4. The zero-order valence-corrected chi connectivity index (χ0v) is 21.6. The molecule has 0 saturated carbocycles.